The van der Waals surface area contributed by atoms with Crippen LogP contribution < -0.4 is 5.73 Å². The summed E-state index contributed by atoms with van der Waals surface area (Å²) in [6.07, 6.45) is -0.351. The van der Waals surface area contributed by atoms with E-state index in [0.717, 1.165) is 0 Å². The molecule has 4 nitrogen and oxygen atoms in total. The van der Waals surface area contributed by atoms with Crippen molar-refractivity contribution in [2.75, 3.05) is 0 Å². The van der Waals surface area contributed by atoms with Gasteiger partial charge >= 0.3 is 0 Å². The molecule has 12 heavy (non-hydrogen) atoms. The van der Waals surface area contributed by atoms with Gasteiger partial charge in [-0.05, 0) is 20.8 Å². The molecule has 2 aliphatic heterocycles. The molecule has 0 amide bonds. The minimum Gasteiger partial charge on any atom is -0.345 e. The normalized spacial score (nSPS) is 51.0. The third-order valence-electron chi connectivity index (χ3n) is 2.36. The first-order valence-corrected chi connectivity index (χ1v) is 4.26. The zero-order valence-electron chi connectivity index (χ0n) is 7.61. The van der Waals surface area contributed by atoms with E-state index >= 15 is 0 Å². The van der Waals surface area contributed by atoms with Crippen LogP contribution in [0.15, 0.2) is 0 Å². The fourth-order valence-corrected chi connectivity index (χ4v) is 1.69. The molecule has 0 aliphatic carbocycles. The molecule has 2 fully saturated rings. The van der Waals surface area contributed by atoms with E-state index in [2.05, 4.69) is 0 Å². The summed E-state index contributed by atoms with van der Waals surface area (Å²) in [6.45, 7) is 5.67. The maximum absolute atomic E-state index is 5.85. The maximum Gasteiger partial charge on any atom is 0.189 e. The highest BCUT2D eigenvalue weighted by Gasteiger charge is 2.51. The van der Waals surface area contributed by atoms with E-state index in [0.29, 0.717) is 0 Å². The molecule has 0 unspecified atom stereocenters. The average molecular weight is 173 g/mol. The number of rotatable bonds is 0. The molecule has 0 aromatic carbocycles. The van der Waals surface area contributed by atoms with Crippen molar-refractivity contribution in [2.24, 2.45) is 5.73 Å². The first-order chi connectivity index (χ1) is 5.49. The van der Waals surface area contributed by atoms with Gasteiger partial charge in [0.25, 0.3) is 0 Å². The molecule has 70 valence electrons. The molecule has 4 heteroatoms. The Bertz CT molecular complexity index is 195. The molecule has 0 spiro atoms. The number of fused-ring (bicyclic) bond motifs is 1. The predicted octanol–water partition coefficient (Wildman–Crippen LogP) is 0.210. The van der Waals surface area contributed by atoms with Gasteiger partial charge in [-0.3, -0.25) is 0 Å². The topological polar surface area (TPSA) is 53.7 Å². The largest absolute Gasteiger partial charge is 0.345 e. The van der Waals surface area contributed by atoms with Gasteiger partial charge in [-0.25, -0.2) is 0 Å². The van der Waals surface area contributed by atoms with Crippen molar-refractivity contribution < 1.29 is 14.2 Å². The lowest BCUT2D eigenvalue weighted by Crippen LogP contribution is -2.40. The number of hydrogen-bond acceptors (Lipinski definition) is 4. The molecule has 0 bridgehead atoms. The second-order valence-corrected chi connectivity index (χ2v) is 3.89. The van der Waals surface area contributed by atoms with E-state index in [4.69, 9.17) is 19.9 Å². The summed E-state index contributed by atoms with van der Waals surface area (Å²) in [5, 5.41) is 0. The molecule has 0 radical (unpaired) electrons. The van der Waals surface area contributed by atoms with Crippen LogP contribution in [0.1, 0.15) is 20.8 Å². The molecule has 2 rings (SSSR count). The van der Waals surface area contributed by atoms with Crippen molar-refractivity contribution in [3.8, 4) is 0 Å². The summed E-state index contributed by atoms with van der Waals surface area (Å²) in [6, 6.07) is -0.0724. The van der Waals surface area contributed by atoms with Crippen LogP contribution in [0.25, 0.3) is 0 Å². The lowest BCUT2D eigenvalue weighted by atomic mass is 10.1. The molecule has 2 aliphatic rings. The van der Waals surface area contributed by atoms with Crippen LogP contribution in [0.5, 0.6) is 0 Å². The Morgan fingerprint density at radius 2 is 1.92 bits per heavy atom. The average Bonchev–Trinajstić information content (AvgIpc) is 2.33. The SMILES string of the molecule is C[C@H]1O[C@H]2OC(C)(C)O[C@H]2[C@H]1N. The summed E-state index contributed by atoms with van der Waals surface area (Å²) in [5.74, 6) is -0.549. The fraction of sp³-hybridized carbons (Fsp3) is 1.00. The third kappa shape index (κ3) is 1.15. The second kappa shape index (κ2) is 2.42. The van der Waals surface area contributed by atoms with Crippen molar-refractivity contribution in [3.63, 3.8) is 0 Å². The summed E-state index contributed by atoms with van der Waals surface area (Å²) in [7, 11) is 0. The third-order valence-corrected chi connectivity index (χ3v) is 2.36. The van der Waals surface area contributed by atoms with E-state index in [1.54, 1.807) is 0 Å². The van der Waals surface area contributed by atoms with Crippen molar-refractivity contribution in [1.82, 2.24) is 0 Å². The van der Waals surface area contributed by atoms with Gasteiger partial charge in [0.15, 0.2) is 12.1 Å². The van der Waals surface area contributed by atoms with Gasteiger partial charge < -0.3 is 19.9 Å². The highest BCUT2D eigenvalue weighted by Crippen LogP contribution is 2.36. The number of hydrogen-bond donors (Lipinski definition) is 1. The lowest BCUT2D eigenvalue weighted by Gasteiger charge is -2.21. The van der Waals surface area contributed by atoms with E-state index in [1.807, 2.05) is 20.8 Å². The van der Waals surface area contributed by atoms with Crippen LogP contribution in [-0.2, 0) is 14.2 Å². The standard InChI is InChI=1S/C8H15NO3/c1-4-5(9)6-7(10-4)12-8(2,3)11-6/h4-7H,9H2,1-3H3/t4-,5+,6+,7+/m1/s1. The van der Waals surface area contributed by atoms with E-state index in [9.17, 15) is 0 Å². The summed E-state index contributed by atoms with van der Waals surface area (Å²) in [4.78, 5) is 0. The highest BCUT2D eigenvalue weighted by atomic mass is 16.8. The minimum absolute atomic E-state index is 0.0242. The maximum atomic E-state index is 5.85. The Labute approximate surface area is 72.0 Å². The van der Waals surface area contributed by atoms with Crippen molar-refractivity contribution in [1.29, 1.82) is 0 Å². The summed E-state index contributed by atoms with van der Waals surface area (Å²) >= 11 is 0. The molecule has 4 atom stereocenters. The van der Waals surface area contributed by atoms with Crippen LogP contribution in [0.4, 0.5) is 0 Å². The van der Waals surface area contributed by atoms with E-state index in [-0.39, 0.29) is 24.5 Å². The van der Waals surface area contributed by atoms with E-state index in [1.165, 1.54) is 0 Å². The molecule has 0 aromatic heterocycles. The Balaban J connectivity index is 2.11. The minimum atomic E-state index is -0.549. The van der Waals surface area contributed by atoms with Gasteiger partial charge in [0.1, 0.15) is 6.10 Å². The second-order valence-electron chi connectivity index (χ2n) is 3.89. The Morgan fingerprint density at radius 1 is 1.25 bits per heavy atom. The molecule has 0 aromatic rings. The first-order valence-electron chi connectivity index (χ1n) is 4.26. The Morgan fingerprint density at radius 3 is 2.50 bits per heavy atom. The fourth-order valence-electron chi connectivity index (χ4n) is 1.69. The summed E-state index contributed by atoms with van der Waals surface area (Å²) in [5.41, 5.74) is 5.85. The monoisotopic (exact) mass is 173 g/mol. The van der Waals surface area contributed by atoms with Crippen molar-refractivity contribution >= 4 is 0 Å². The molecule has 2 saturated heterocycles. The summed E-state index contributed by atoms with van der Waals surface area (Å²) < 4.78 is 16.5. The quantitative estimate of drug-likeness (QED) is 0.569. The lowest BCUT2D eigenvalue weighted by molar-refractivity contribution is -0.204. The molecule has 0 saturated carbocycles. The van der Waals surface area contributed by atoms with Gasteiger partial charge in [-0.1, -0.05) is 0 Å². The zero-order chi connectivity index (χ0) is 8.93. The van der Waals surface area contributed by atoms with E-state index < -0.39 is 5.79 Å². The Kier molecular flexibility index (Phi) is 1.70. The zero-order valence-corrected chi connectivity index (χ0v) is 7.61. The molecule has 2 heterocycles. The highest BCUT2D eigenvalue weighted by molar-refractivity contribution is 4.93. The van der Waals surface area contributed by atoms with Gasteiger partial charge in [-0.2, -0.15) is 0 Å². The van der Waals surface area contributed by atoms with Crippen molar-refractivity contribution in [2.45, 2.75) is 51.1 Å². The first kappa shape index (κ1) is 8.44. The smallest absolute Gasteiger partial charge is 0.189 e. The van der Waals surface area contributed by atoms with Crippen LogP contribution >= 0.6 is 0 Å². The van der Waals surface area contributed by atoms with Crippen LogP contribution in [0.3, 0.4) is 0 Å². The van der Waals surface area contributed by atoms with Gasteiger partial charge in [0.2, 0.25) is 0 Å². The number of nitrogens with two attached hydrogens (primary N) is 1. The van der Waals surface area contributed by atoms with Crippen molar-refractivity contribution in [3.05, 3.63) is 0 Å². The van der Waals surface area contributed by atoms with Crippen LogP contribution in [-0.4, -0.2) is 30.3 Å². The molecular weight excluding hydrogens is 158 g/mol. The van der Waals surface area contributed by atoms with Gasteiger partial charge in [0.05, 0.1) is 12.1 Å². The Hall–Kier alpha value is -0.160. The van der Waals surface area contributed by atoms with Crippen LogP contribution in [0, 0.1) is 0 Å². The van der Waals surface area contributed by atoms with Gasteiger partial charge in [-0.15, -0.1) is 0 Å². The molecule has 2 N–H and O–H groups in total. The van der Waals surface area contributed by atoms with Crippen LogP contribution in [0.2, 0.25) is 0 Å². The predicted molar refractivity (Wildman–Crippen MR) is 42.3 cm³/mol. The number of ether oxygens (including phenoxy) is 3. The molecular formula is C8H15NO3. The van der Waals surface area contributed by atoms with Gasteiger partial charge in [0, 0.05) is 0 Å².